The van der Waals surface area contributed by atoms with Crippen LogP contribution >= 0.6 is 0 Å². The first-order valence-corrected chi connectivity index (χ1v) is 4.54. The Balaban J connectivity index is 4.05. The molecule has 76 valence electrons. The maximum Gasteiger partial charge on any atom is 0.237 e. The van der Waals surface area contributed by atoms with Crippen LogP contribution in [0.1, 0.15) is 27.2 Å². The molecule has 0 saturated carbocycles. The Labute approximate surface area is 78.9 Å². The number of nitrogens with two attached hydrogens (primary N) is 1. The minimum absolute atomic E-state index is 0.0872. The van der Waals surface area contributed by atoms with Gasteiger partial charge in [-0.05, 0) is 12.3 Å². The molecular weight excluding hydrogens is 168 g/mol. The third kappa shape index (κ3) is 4.03. The summed E-state index contributed by atoms with van der Waals surface area (Å²) < 4.78 is 0. The number of carbonyl (C=O) groups is 2. The first-order chi connectivity index (χ1) is 6.02. The van der Waals surface area contributed by atoms with Gasteiger partial charge in [-0.3, -0.25) is 4.79 Å². The molecule has 0 saturated heterocycles. The molecule has 2 atom stereocenters. The molecule has 13 heavy (non-hydrogen) atoms. The van der Waals surface area contributed by atoms with E-state index in [4.69, 9.17) is 5.73 Å². The average molecular weight is 186 g/mol. The van der Waals surface area contributed by atoms with Crippen molar-refractivity contribution in [3.05, 3.63) is 0 Å². The van der Waals surface area contributed by atoms with Crippen LogP contribution in [0.25, 0.3) is 0 Å². The standard InChI is InChI=1S/C9H18N2O2/c1-4-7(5-12)11-9(13)8(10)6(2)3/h5-8H,4,10H2,1-3H3,(H,11,13)/t7-,8-/m0/s1. The van der Waals surface area contributed by atoms with Crippen LogP contribution in [0.5, 0.6) is 0 Å². The highest BCUT2D eigenvalue weighted by atomic mass is 16.2. The SMILES string of the molecule is CC[C@@H](C=O)NC(=O)[C@@H](N)C(C)C. The van der Waals surface area contributed by atoms with Gasteiger partial charge in [0.1, 0.15) is 6.29 Å². The van der Waals surface area contributed by atoms with Crippen molar-refractivity contribution < 1.29 is 9.59 Å². The average Bonchev–Trinajstić information content (AvgIpc) is 2.12. The van der Waals surface area contributed by atoms with Gasteiger partial charge in [-0.1, -0.05) is 20.8 Å². The zero-order chi connectivity index (χ0) is 10.4. The van der Waals surface area contributed by atoms with Gasteiger partial charge in [0.2, 0.25) is 5.91 Å². The van der Waals surface area contributed by atoms with Crippen molar-refractivity contribution in [2.45, 2.75) is 39.3 Å². The van der Waals surface area contributed by atoms with Gasteiger partial charge in [-0.2, -0.15) is 0 Å². The Morgan fingerprint density at radius 3 is 2.38 bits per heavy atom. The maximum atomic E-state index is 11.3. The van der Waals surface area contributed by atoms with E-state index >= 15 is 0 Å². The third-order valence-electron chi connectivity index (χ3n) is 1.95. The van der Waals surface area contributed by atoms with Gasteiger partial charge >= 0.3 is 0 Å². The largest absolute Gasteiger partial charge is 0.345 e. The molecule has 0 spiro atoms. The molecule has 0 bridgehead atoms. The lowest BCUT2D eigenvalue weighted by Gasteiger charge is -2.17. The van der Waals surface area contributed by atoms with Crippen LogP contribution in [0.15, 0.2) is 0 Å². The second kappa shape index (κ2) is 5.70. The molecule has 0 unspecified atom stereocenters. The lowest BCUT2D eigenvalue weighted by atomic mass is 10.0. The first-order valence-electron chi connectivity index (χ1n) is 4.54. The summed E-state index contributed by atoms with van der Waals surface area (Å²) in [4.78, 5) is 21.7. The van der Waals surface area contributed by atoms with E-state index in [2.05, 4.69) is 5.32 Å². The molecule has 1 amide bonds. The third-order valence-corrected chi connectivity index (χ3v) is 1.95. The Morgan fingerprint density at radius 1 is 1.54 bits per heavy atom. The van der Waals surface area contributed by atoms with Crippen LogP contribution in [-0.4, -0.2) is 24.3 Å². The summed E-state index contributed by atoms with van der Waals surface area (Å²) in [6.45, 7) is 5.57. The van der Waals surface area contributed by atoms with Crippen LogP contribution in [0.2, 0.25) is 0 Å². The lowest BCUT2D eigenvalue weighted by molar-refractivity contribution is -0.125. The number of aldehydes is 1. The van der Waals surface area contributed by atoms with E-state index in [9.17, 15) is 9.59 Å². The number of nitrogens with one attached hydrogen (secondary N) is 1. The smallest absolute Gasteiger partial charge is 0.237 e. The number of hydrogen-bond donors (Lipinski definition) is 2. The molecule has 0 aromatic carbocycles. The van der Waals surface area contributed by atoms with Gasteiger partial charge in [0.15, 0.2) is 0 Å². The summed E-state index contributed by atoms with van der Waals surface area (Å²) in [5, 5.41) is 2.57. The fourth-order valence-corrected chi connectivity index (χ4v) is 0.814. The molecule has 4 heteroatoms. The number of rotatable bonds is 5. The molecule has 0 aliphatic carbocycles. The summed E-state index contributed by atoms with van der Waals surface area (Å²) >= 11 is 0. The number of amides is 1. The van der Waals surface area contributed by atoms with Crippen LogP contribution in [0, 0.1) is 5.92 Å². The van der Waals surface area contributed by atoms with Gasteiger partial charge < -0.3 is 15.8 Å². The van der Waals surface area contributed by atoms with Gasteiger partial charge in [0, 0.05) is 0 Å². The fourth-order valence-electron chi connectivity index (χ4n) is 0.814. The summed E-state index contributed by atoms with van der Waals surface area (Å²) in [5.41, 5.74) is 5.59. The topological polar surface area (TPSA) is 72.2 Å². The molecular formula is C9H18N2O2. The molecule has 0 aromatic rings. The molecule has 0 heterocycles. The van der Waals surface area contributed by atoms with Crippen molar-refractivity contribution in [1.29, 1.82) is 0 Å². The normalized spacial score (nSPS) is 15.2. The van der Waals surface area contributed by atoms with Crippen LogP contribution in [0.4, 0.5) is 0 Å². The van der Waals surface area contributed by atoms with Crippen molar-refractivity contribution in [3.8, 4) is 0 Å². The Kier molecular flexibility index (Phi) is 5.30. The van der Waals surface area contributed by atoms with Crippen molar-refractivity contribution in [2.75, 3.05) is 0 Å². The van der Waals surface area contributed by atoms with Crippen LogP contribution in [0.3, 0.4) is 0 Å². The van der Waals surface area contributed by atoms with Crippen molar-refractivity contribution in [3.63, 3.8) is 0 Å². The number of carbonyl (C=O) groups excluding carboxylic acids is 2. The van der Waals surface area contributed by atoms with E-state index in [0.717, 1.165) is 6.29 Å². The second-order valence-corrected chi connectivity index (χ2v) is 3.43. The zero-order valence-electron chi connectivity index (χ0n) is 8.41. The van der Waals surface area contributed by atoms with E-state index in [1.807, 2.05) is 20.8 Å². The summed E-state index contributed by atoms with van der Waals surface area (Å²) in [7, 11) is 0. The summed E-state index contributed by atoms with van der Waals surface area (Å²) in [5.74, 6) is -0.168. The molecule has 0 radical (unpaired) electrons. The fraction of sp³-hybridized carbons (Fsp3) is 0.778. The van der Waals surface area contributed by atoms with Crippen molar-refractivity contribution >= 4 is 12.2 Å². The zero-order valence-corrected chi connectivity index (χ0v) is 8.41. The molecule has 0 aliphatic heterocycles. The molecule has 4 nitrogen and oxygen atoms in total. The quantitative estimate of drug-likeness (QED) is 0.596. The predicted octanol–water partition coefficient (Wildman–Crippen LogP) is 0.0634. The van der Waals surface area contributed by atoms with Gasteiger partial charge in [0.25, 0.3) is 0 Å². The van der Waals surface area contributed by atoms with Gasteiger partial charge in [0.05, 0.1) is 12.1 Å². The number of hydrogen-bond acceptors (Lipinski definition) is 3. The highest BCUT2D eigenvalue weighted by Crippen LogP contribution is 1.98. The van der Waals surface area contributed by atoms with Gasteiger partial charge in [-0.15, -0.1) is 0 Å². The van der Waals surface area contributed by atoms with Gasteiger partial charge in [-0.25, -0.2) is 0 Å². The summed E-state index contributed by atoms with van der Waals surface area (Å²) in [6, 6.07) is -0.939. The van der Waals surface area contributed by atoms with Crippen molar-refractivity contribution in [2.24, 2.45) is 11.7 Å². The Hall–Kier alpha value is -0.900. The van der Waals surface area contributed by atoms with Crippen molar-refractivity contribution in [1.82, 2.24) is 5.32 Å². The van der Waals surface area contributed by atoms with E-state index in [1.165, 1.54) is 0 Å². The molecule has 0 rings (SSSR count). The highest BCUT2D eigenvalue weighted by Gasteiger charge is 2.19. The predicted molar refractivity (Wildman–Crippen MR) is 51.1 cm³/mol. The monoisotopic (exact) mass is 186 g/mol. The lowest BCUT2D eigenvalue weighted by Crippen LogP contribution is -2.48. The Morgan fingerprint density at radius 2 is 2.08 bits per heavy atom. The van der Waals surface area contributed by atoms with E-state index < -0.39 is 12.1 Å². The molecule has 3 N–H and O–H groups in total. The van der Waals surface area contributed by atoms with Crippen LogP contribution in [-0.2, 0) is 9.59 Å². The molecule has 0 aliphatic rings. The molecule has 0 aromatic heterocycles. The molecule has 0 fully saturated rings. The van der Waals surface area contributed by atoms with Crippen LogP contribution < -0.4 is 11.1 Å². The maximum absolute atomic E-state index is 11.3. The highest BCUT2D eigenvalue weighted by molar-refractivity contribution is 5.84. The van der Waals surface area contributed by atoms with E-state index in [1.54, 1.807) is 0 Å². The Bertz CT molecular complexity index is 180. The van der Waals surface area contributed by atoms with E-state index in [-0.39, 0.29) is 11.8 Å². The minimum atomic E-state index is -0.533. The second-order valence-electron chi connectivity index (χ2n) is 3.43. The summed E-state index contributed by atoms with van der Waals surface area (Å²) in [6.07, 6.45) is 1.32. The first kappa shape index (κ1) is 12.1. The minimum Gasteiger partial charge on any atom is -0.345 e. The van der Waals surface area contributed by atoms with E-state index in [0.29, 0.717) is 6.42 Å².